The average molecular weight is 476 g/mol. The highest BCUT2D eigenvalue weighted by molar-refractivity contribution is 5.96. The first-order valence-electron chi connectivity index (χ1n) is 11.4. The molecule has 9 heteroatoms. The van der Waals surface area contributed by atoms with Crippen LogP contribution in [-0.2, 0) is 22.6 Å². The van der Waals surface area contributed by atoms with Gasteiger partial charge in [0, 0.05) is 31.5 Å². The molecule has 4 aromatic rings. The maximum Gasteiger partial charge on any atom is 0.330 e. The molecule has 35 heavy (non-hydrogen) atoms. The summed E-state index contributed by atoms with van der Waals surface area (Å²) in [7, 11) is 1.57. The minimum atomic E-state index is -0.698. The van der Waals surface area contributed by atoms with Gasteiger partial charge in [0.1, 0.15) is 12.4 Å². The summed E-state index contributed by atoms with van der Waals surface area (Å²) in [6.07, 6.45) is 0.490. The predicted octanol–water partition coefficient (Wildman–Crippen LogP) is 2.50. The van der Waals surface area contributed by atoms with Crippen LogP contribution >= 0.6 is 0 Å². The van der Waals surface area contributed by atoms with Gasteiger partial charge in [-0.05, 0) is 36.4 Å². The second-order valence-electron chi connectivity index (χ2n) is 8.39. The molecule has 0 spiro atoms. The van der Waals surface area contributed by atoms with Crippen molar-refractivity contribution in [2.45, 2.75) is 26.4 Å². The Kier molecular flexibility index (Phi) is 7.17. The molecule has 0 aliphatic carbocycles. The molecule has 3 N–H and O–H groups in total. The van der Waals surface area contributed by atoms with Crippen molar-refractivity contribution >= 4 is 28.3 Å². The number of rotatable bonds is 9. The molecule has 9 nitrogen and oxygen atoms in total. The summed E-state index contributed by atoms with van der Waals surface area (Å²) in [5.74, 6) is -0.366. The fourth-order valence-corrected chi connectivity index (χ4v) is 4.27. The Hall–Kier alpha value is -4.11. The lowest BCUT2D eigenvalue weighted by molar-refractivity contribution is -0.119. The number of methoxy groups -OCH3 is 1. The minimum absolute atomic E-state index is 0.0169. The van der Waals surface area contributed by atoms with Crippen LogP contribution in [0.15, 0.2) is 70.3 Å². The van der Waals surface area contributed by atoms with Gasteiger partial charge < -0.3 is 19.9 Å². The summed E-state index contributed by atoms with van der Waals surface area (Å²) < 4.78 is 8.34. The third kappa shape index (κ3) is 5.04. The van der Waals surface area contributed by atoms with Crippen molar-refractivity contribution in [2.24, 2.45) is 0 Å². The fraction of sp³-hybridized carbons (Fsp3) is 0.269. The Balaban J connectivity index is 1.75. The third-order valence-corrected chi connectivity index (χ3v) is 6.01. The average Bonchev–Trinajstić information content (AvgIpc) is 3.16. The molecule has 4 rings (SSSR count). The number of aromatic nitrogens is 3. The van der Waals surface area contributed by atoms with Crippen molar-refractivity contribution in [3.8, 4) is 0 Å². The standard InChI is InChI=1S/C26H29N5O4/c1-18-15-20-11-6-7-12-21(20)30(18)17-22(32)29(13-8-14-35-2)23-24(27)31(26(34)28-25(23)33)16-19-9-4-3-5-10-19/h3-7,9-12,15H,8,13-14,16-17,27H2,1-2H3,(H,28,33,34). The summed E-state index contributed by atoms with van der Waals surface area (Å²) in [6, 6.07) is 19.1. The van der Waals surface area contributed by atoms with Crippen LogP contribution in [0.25, 0.3) is 10.9 Å². The molecule has 0 aliphatic rings. The Labute approximate surface area is 202 Å². The molecule has 2 aromatic heterocycles. The van der Waals surface area contributed by atoms with Gasteiger partial charge in [0.05, 0.1) is 6.54 Å². The van der Waals surface area contributed by atoms with E-state index in [9.17, 15) is 14.4 Å². The van der Waals surface area contributed by atoms with Gasteiger partial charge in [-0.1, -0.05) is 48.5 Å². The van der Waals surface area contributed by atoms with Crippen LogP contribution in [0.1, 0.15) is 17.7 Å². The van der Waals surface area contributed by atoms with E-state index in [1.807, 2.05) is 72.2 Å². The van der Waals surface area contributed by atoms with Gasteiger partial charge in [0.25, 0.3) is 5.56 Å². The molecular formula is C26H29N5O4. The molecule has 0 unspecified atom stereocenters. The van der Waals surface area contributed by atoms with E-state index in [0.717, 1.165) is 22.2 Å². The summed E-state index contributed by atoms with van der Waals surface area (Å²) in [5.41, 5.74) is 7.71. The normalized spacial score (nSPS) is 11.1. The predicted molar refractivity (Wildman–Crippen MR) is 137 cm³/mol. The number of aryl methyl sites for hydroxylation is 1. The van der Waals surface area contributed by atoms with E-state index in [1.165, 1.54) is 9.47 Å². The fourth-order valence-electron chi connectivity index (χ4n) is 4.27. The summed E-state index contributed by atoms with van der Waals surface area (Å²) >= 11 is 0. The minimum Gasteiger partial charge on any atom is -0.385 e. The molecule has 1 amide bonds. The van der Waals surface area contributed by atoms with Crippen molar-refractivity contribution in [1.29, 1.82) is 0 Å². The molecule has 0 bridgehead atoms. The lowest BCUT2D eigenvalue weighted by Crippen LogP contribution is -2.43. The monoisotopic (exact) mass is 475 g/mol. The number of carbonyl (C=O) groups excluding carboxylic acids is 1. The third-order valence-electron chi connectivity index (χ3n) is 6.01. The van der Waals surface area contributed by atoms with Crippen molar-refractivity contribution < 1.29 is 9.53 Å². The van der Waals surface area contributed by atoms with Crippen LogP contribution in [0.3, 0.4) is 0 Å². The van der Waals surface area contributed by atoms with Crippen LogP contribution < -0.4 is 21.9 Å². The van der Waals surface area contributed by atoms with Crippen molar-refractivity contribution in [2.75, 3.05) is 30.9 Å². The van der Waals surface area contributed by atoms with Gasteiger partial charge in [-0.15, -0.1) is 0 Å². The zero-order valence-electron chi connectivity index (χ0n) is 19.9. The molecule has 0 atom stereocenters. The smallest absolute Gasteiger partial charge is 0.330 e. The van der Waals surface area contributed by atoms with Crippen LogP contribution in [0.4, 0.5) is 11.5 Å². The van der Waals surface area contributed by atoms with Crippen molar-refractivity contribution in [1.82, 2.24) is 14.1 Å². The van der Waals surface area contributed by atoms with Crippen LogP contribution in [0.5, 0.6) is 0 Å². The number of nitrogen functional groups attached to an aromatic ring is 1. The Morgan fingerprint density at radius 1 is 1.06 bits per heavy atom. The number of nitrogens with zero attached hydrogens (tertiary/aromatic N) is 3. The number of fused-ring (bicyclic) bond motifs is 1. The maximum atomic E-state index is 13.6. The van der Waals surface area contributed by atoms with Crippen molar-refractivity contribution in [3.63, 3.8) is 0 Å². The Bertz CT molecular complexity index is 1450. The Morgan fingerprint density at radius 2 is 1.77 bits per heavy atom. The molecule has 182 valence electrons. The summed E-state index contributed by atoms with van der Waals surface area (Å²) in [5, 5.41) is 1.03. The summed E-state index contributed by atoms with van der Waals surface area (Å²) in [6.45, 7) is 2.72. The number of H-pyrrole nitrogens is 1. The largest absolute Gasteiger partial charge is 0.385 e. The molecule has 2 aromatic carbocycles. The number of para-hydroxylation sites is 1. The van der Waals surface area contributed by atoms with Crippen LogP contribution in [-0.4, -0.2) is 40.3 Å². The number of aromatic amines is 1. The SMILES string of the molecule is COCCCN(C(=O)Cn1c(C)cc2ccccc21)c1c(N)n(Cc2ccccc2)c(=O)[nH]c1=O. The molecule has 0 aliphatic heterocycles. The zero-order valence-corrected chi connectivity index (χ0v) is 19.9. The van der Waals surface area contributed by atoms with Crippen LogP contribution in [0, 0.1) is 6.92 Å². The van der Waals surface area contributed by atoms with Crippen molar-refractivity contribution in [3.05, 3.63) is 92.8 Å². The number of hydrogen-bond donors (Lipinski definition) is 2. The maximum absolute atomic E-state index is 13.6. The zero-order chi connectivity index (χ0) is 24.9. The highest BCUT2D eigenvalue weighted by atomic mass is 16.5. The molecule has 0 radical (unpaired) electrons. The van der Waals surface area contributed by atoms with E-state index in [2.05, 4.69) is 4.98 Å². The molecule has 0 saturated heterocycles. The first-order chi connectivity index (χ1) is 16.9. The quantitative estimate of drug-likeness (QED) is 0.361. The second kappa shape index (κ2) is 10.4. The van der Waals surface area contributed by atoms with E-state index >= 15 is 0 Å². The topological polar surface area (TPSA) is 115 Å². The Morgan fingerprint density at radius 3 is 2.51 bits per heavy atom. The lowest BCUT2D eigenvalue weighted by atomic mass is 10.2. The number of nitrogens with two attached hydrogens (primary N) is 1. The number of nitrogens with one attached hydrogen (secondary N) is 1. The second-order valence-corrected chi connectivity index (χ2v) is 8.39. The van der Waals surface area contributed by atoms with Gasteiger partial charge in [-0.3, -0.25) is 19.1 Å². The highest BCUT2D eigenvalue weighted by Gasteiger charge is 2.25. The van der Waals surface area contributed by atoms with E-state index < -0.39 is 11.2 Å². The number of amides is 1. The van der Waals surface area contributed by atoms with Gasteiger partial charge >= 0.3 is 5.69 Å². The molecule has 2 heterocycles. The first kappa shape index (κ1) is 24.0. The first-order valence-corrected chi connectivity index (χ1v) is 11.4. The van der Waals surface area contributed by atoms with E-state index in [0.29, 0.717) is 13.0 Å². The molecule has 0 fully saturated rings. The van der Waals surface area contributed by atoms with Gasteiger partial charge in [0.15, 0.2) is 5.69 Å². The molecular weight excluding hydrogens is 446 g/mol. The number of ether oxygens (including phenoxy) is 1. The van der Waals surface area contributed by atoms with Gasteiger partial charge in [-0.25, -0.2) is 4.79 Å². The highest BCUT2D eigenvalue weighted by Crippen LogP contribution is 2.22. The number of anilines is 2. The summed E-state index contributed by atoms with van der Waals surface area (Å²) in [4.78, 5) is 42.9. The molecule has 0 saturated carbocycles. The van der Waals surface area contributed by atoms with E-state index in [-0.39, 0.29) is 37.0 Å². The number of benzene rings is 2. The van der Waals surface area contributed by atoms with Crippen LogP contribution in [0.2, 0.25) is 0 Å². The number of carbonyl (C=O) groups is 1. The van der Waals surface area contributed by atoms with Gasteiger partial charge in [0.2, 0.25) is 5.91 Å². The van der Waals surface area contributed by atoms with E-state index in [4.69, 9.17) is 10.5 Å². The lowest BCUT2D eigenvalue weighted by Gasteiger charge is -2.25. The number of hydrogen-bond acceptors (Lipinski definition) is 5. The van der Waals surface area contributed by atoms with E-state index in [1.54, 1.807) is 7.11 Å². The van der Waals surface area contributed by atoms with Gasteiger partial charge in [-0.2, -0.15) is 0 Å².